The minimum Gasteiger partial charge on any atom is -0.345 e. The second-order valence-electron chi connectivity index (χ2n) is 4.58. The molecule has 20 heavy (non-hydrogen) atoms. The zero-order chi connectivity index (χ0) is 14.5. The van der Waals surface area contributed by atoms with Gasteiger partial charge in [0.2, 0.25) is 0 Å². The number of H-pyrrole nitrogens is 1. The summed E-state index contributed by atoms with van der Waals surface area (Å²) in [5, 5.41) is 9.14. The van der Waals surface area contributed by atoms with Crippen molar-refractivity contribution in [1.82, 2.24) is 25.5 Å². The molecule has 0 saturated heterocycles. The van der Waals surface area contributed by atoms with Crippen molar-refractivity contribution in [2.24, 2.45) is 5.84 Å². The number of amides is 1. The number of hydrogen-bond donors (Lipinski definition) is 4. The van der Waals surface area contributed by atoms with Crippen molar-refractivity contribution in [2.45, 2.75) is 26.3 Å². The van der Waals surface area contributed by atoms with Crippen molar-refractivity contribution in [3.8, 4) is 0 Å². The van der Waals surface area contributed by atoms with E-state index in [0.29, 0.717) is 17.2 Å². The molecule has 0 radical (unpaired) electrons. The van der Waals surface area contributed by atoms with Gasteiger partial charge in [-0.25, -0.2) is 15.8 Å². The van der Waals surface area contributed by atoms with Gasteiger partial charge in [0.15, 0.2) is 0 Å². The third-order valence-corrected chi connectivity index (χ3v) is 2.73. The van der Waals surface area contributed by atoms with Crippen LogP contribution in [0.4, 0.5) is 5.82 Å². The number of nitrogens with zero attached hydrogens (tertiary/aromatic N) is 3. The van der Waals surface area contributed by atoms with Crippen molar-refractivity contribution in [3.05, 3.63) is 35.5 Å². The number of nitrogens with one attached hydrogen (secondary N) is 3. The lowest BCUT2D eigenvalue weighted by molar-refractivity contribution is 0.0949. The molecule has 0 aliphatic heterocycles. The summed E-state index contributed by atoms with van der Waals surface area (Å²) in [6.45, 7) is 4.28. The van der Waals surface area contributed by atoms with Crippen molar-refractivity contribution in [1.29, 1.82) is 0 Å². The molecule has 0 spiro atoms. The Hall–Kier alpha value is -2.48. The Bertz CT molecular complexity index is 579. The van der Waals surface area contributed by atoms with Gasteiger partial charge in [0.1, 0.15) is 18.0 Å². The lowest BCUT2D eigenvalue weighted by Crippen LogP contribution is -2.24. The molecule has 0 unspecified atom stereocenters. The number of nitrogens with two attached hydrogens (primary N) is 1. The van der Waals surface area contributed by atoms with E-state index in [-0.39, 0.29) is 18.4 Å². The van der Waals surface area contributed by atoms with E-state index in [1.165, 1.54) is 6.33 Å². The molecular weight excluding hydrogens is 258 g/mol. The van der Waals surface area contributed by atoms with E-state index in [0.717, 1.165) is 5.69 Å². The van der Waals surface area contributed by atoms with Gasteiger partial charge in [-0.3, -0.25) is 9.89 Å². The van der Waals surface area contributed by atoms with Crippen LogP contribution in [0.2, 0.25) is 0 Å². The molecule has 0 aliphatic rings. The maximum Gasteiger partial charge on any atom is 0.251 e. The van der Waals surface area contributed by atoms with Crippen LogP contribution >= 0.6 is 0 Å². The first-order chi connectivity index (χ1) is 9.60. The molecule has 2 heterocycles. The van der Waals surface area contributed by atoms with Crippen molar-refractivity contribution >= 4 is 11.7 Å². The Kier molecular flexibility index (Phi) is 4.26. The molecule has 8 nitrogen and oxygen atoms in total. The van der Waals surface area contributed by atoms with E-state index in [9.17, 15) is 4.79 Å². The monoisotopic (exact) mass is 275 g/mol. The Labute approximate surface area is 116 Å². The maximum atomic E-state index is 12.1. The molecule has 0 bridgehead atoms. The summed E-state index contributed by atoms with van der Waals surface area (Å²) < 4.78 is 0. The van der Waals surface area contributed by atoms with Crippen LogP contribution in [0.5, 0.6) is 0 Å². The zero-order valence-electron chi connectivity index (χ0n) is 11.3. The quantitative estimate of drug-likeness (QED) is 0.466. The molecule has 2 rings (SSSR count). The third-order valence-electron chi connectivity index (χ3n) is 2.73. The first-order valence-corrected chi connectivity index (χ1v) is 6.21. The Morgan fingerprint density at radius 2 is 2.25 bits per heavy atom. The molecule has 5 N–H and O–H groups in total. The highest BCUT2D eigenvalue weighted by Gasteiger charge is 2.12. The highest BCUT2D eigenvalue weighted by molar-refractivity contribution is 5.94. The van der Waals surface area contributed by atoms with Gasteiger partial charge in [0.05, 0.1) is 6.54 Å². The lowest BCUT2D eigenvalue weighted by Gasteiger charge is -2.10. The highest BCUT2D eigenvalue weighted by Crippen LogP contribution is 2.17. The van der Waals surface area contributed by atoms with Crippen LogP contribution in [0.15, 0.2) is 18.5 Å². The van der Waals surface area contributed by atoms with Gasteiger partial charge in [0.25, 0.3) is 5.91 Å². The molecule has 2 aromatic rings. The van der Waals surface area contributed by atoms with Gasteiger partial charge >= 0.3 is 0 Å². The molecule has 0 aliphatic carbocycles. The first kappa shape index (κ1) is 13.9. The molecule has 0 atom stereocenters. The Morgan fingerprint density at radius 1 is 1.45 bits per heavy atom. The number of aromatic amines is 1. The van der Waals surface area contributed by atoms with Crippen LogP contribution in [-0.4, -0.2) is 26.1 Å². The van der Waals surface area contributed by atoms with Crippen LogP contribution in [-0.2, 0) is 6.54 Å². The number of anilines is 1. The summed E-state index contributed by atoms with van der Waals surface area (Å²) in [5.41, 5.74) is 3.76. The van der Waals surface area contributed by atoms with E-state index in [4.69, 9.17) is 5.84 Å². The summed E-state index contributed by atoms with van der Waals surface area (Å²) in [6.07, 6.45) is 1.39. The number of pyridine rings is 1. The molecule has 0 aromatic carbocycles. The molecule has 0 fully saturated rings. The van der Waals surface area contributed by atoms with Crippen molar-refractivity contribution < 1.29 is 4.79 Å². The smallest absolute Gasteiger partial charge is 0.251 e. The van der Waals surface area contributed by atoms with Crippen LogP contribution in [0.3, 0.4) is 0 Å². The van der Waals surface area contributed by atoms with Gasteiger partial charge in [0, 0.05) is 11.3 Å². The lowest BCUT2D eigenvalue weighted by atomic mass is 10.1. The molecule has 106 valence electrons. The standard InChI is InChI=1S/C12H17N7O/c1-7(2)9-3-8(4-10(17-9)18-13)12(20)14-5-11-15-6-16-19-11/h3-4,6-7H,5,13H2,1-2H3,(H,14,20)(H,17,18)(H,15,16,19). The van der Waals surface area contributed by atoms with E-state index in [1.54, 1.807) is 12.1 Å². The number of hydrazine groups is 1. The average Bonchev–Trinajstić information content (AvgIpc) is 2.97. The molecule has 0 saturated carbocycles. The zero-order valence-corrected chi connectivity index (χ0v) is 11.3. The largest absolute Gasteiger partial charge is 0.345 e. The van der Waals surface area contributed by atoms with Crippen LogP contribution in [0.25, 0.3) is 0 Å². The summed E-state index contributed by atoms with van der Waals surface area (Å²) in [5.74, 6) is 6.40. The topological polar surface area (TPSA) is 122 Å². The fourth-order valence-electron chi connectivity index (χ4n) is 1.63. The SMILES string of the molecule is CC(C)c1cc(C(=O)NCc2ncn[nH]2)cc(NN)n1. The van der Waals surface area contributed by atoms with Gasteiger partial charge < -0.3 is 10.7 Å². The highest BCUT2D eigenvalue weighted by atomic mass is 16.1. The second-order valence-corrected chi connectivity index (χ2v) is 4.58. The average molecular weight is 275 g/mol. The van der Waals surface area contributed by atoms with Crippen molar-refractivity contribution in [2.75, 3.05) is 5.43 Å². The molecular formula is C12H17N7O. The van der Waals surface area contributed by atoms with E-state index in [1.807, 2.05) is 13.8 Å². The number of carbonyl (C=O) groups is 1. The van der Waals surface area contributed by atoms with E-state index < -0.39 is 0 Å². The summed E-state index contributed by atoms with van der Waals surface area (Å²) in [4.78, 5) is 20.3. The molecule has 8 heteroatoms. The third kappa shape index (κ3) is 3.29. The number of rotatable bonds is 5. The maximum absolute atomic E-state index is 12.1. The minimum atomic E-state index is -0.220. The van der Waals surface area contributed by atoms with Gasteiger partial charge in [-0.15, -0.1) is 0 Å². The Morgan fingerprint density at radius 3 is 2.85 bits per heavy atom. The van der Waals surface area contributed by atoms with Crippen LogP contribution in [0.1, 0.15) is 41.6 Å². The number of hydrogen-bond acceptors (Lipinski definition) is 6. The summed E-state index contributed by atoms with van der Waals surface area (Å²) in [6, 6.07) is 3.35. The van der Waals surface area contributed by atoms with Crippen LogP contribution in [0, 0.1) is 0 Å². The minimum absolute atomic E-state index is 0.198. The van der Waals surface area contributed by atoms with Gasteiger partial charge in [-0.2, -0.15) is 5.10 Å². The number of carbonyl (C=O) groups excluding carboxylic acids is 1. The Balaban J connectivity index is 2.14. The first-order valence-electron chi connectivity index (χ1n) is 6.21. The predicted octanol–water partition coefficient (Wildman–Crippen LogP) is 0.539. The van der Waals surface area contributed by atoms with Crippen LogP contribution < -0.4 is 16.6 Å². The van der Waals surface area contributed by atoms with E-state index >= 15 is 0 Å². The van der Waals surface area contributed by atoms with Gasteiger partial charge in [-0.1, -0.05) is 13.8 Å². The fourth-order valence-corrected chi connectivity index (χ4v) is 1.63. The summed E-state index contributed by atoms with van der Waals surface area (Å²) in [7, 11) is 0. The molecule has 1 amide bonds. The fraction of sp³-hybridized carbons (Fsp3) is 0.333. The van der Waals surface area contributed by atoms with Crippen molar-refractivity contribution in [3.63, 3.8) is 0 Å². The number of aromatic nitrogens is 4. The van der Waals surface area contributed by atoms with E-state index in [2.05, 4.69) is 30.9 Å². The summed E-state index contributed by atoms with van der Waals surface area (Å²) >= 11 is 0. The van der Waals surface area contributed by atoms with Gasteiger partial charge in [-0.05, 0) is 18.1 Å². The normalized spacial score (nSPS) is 10.6. The predicted molar refractivity (Wildman–Crippen MR) is 73.7 cm³/mol. The second kappa shape index (κ2) is 6.11. The molecule has 2 aromatic heterocycles. The number of nitrogen functional groups attached to an aromatic ring is 1.